The number of amidine groups is 2. The van der Waals surface area contributed by atoms with Gasteiger partial charge in [-0.1, -0.05) is 0 Å². The number of anilines is 2. The number of hydrogen-bond donors (Lipinski definition) is 4. The molecule has 4 amide bonds. The number of ether oxygens (including phenoxy) is 3. The first-order valence-electron chi connectivity index (χ1n) is 19.0. The van der Waals surface area contributed by atoms with Crippen molar-refractivity contribution in [2.45, 2.75) is 12.2 Å². The number of cyclic esters (lactones) is 2. The third kappa shape index (κ3) is 12.1. The van der Waals surface area contributed by atoms with Crippen LogP contribution in [0, 0.1) is 10.8 Å². The van der Waals surface area contributed by atoms with Crippen LogP contribution in [0.2, 0.25) is 0 Å². The van der Waals surface area contributed by atoms with E-state index in [0.29, 0.717) is 46.7 Å². The van der Waals surface area contributed by atoms with Gasteiger partial charge in [-0.2, -0.15) is 8.42 Å². The topological polar surface area (TPSA) is 267 Å². The first-order valence-corrected chi connectivity index (χ1v) is 20.8. The Bertz CT molecular complexity index is 2350. The number of methoxy groups -OCH3 is 1. The number of amides is 4. The minimum absolute atomic E-state index is 0.0500. The molecule has 3 fully saturated rings. The van der Waals surface area contributed by atoms with Crippen molar-refractivity contribution >= 4 is 63.1 Å². The number of nitrogens with zero attached hydrogens (tertiary/aromatic N) is 4. The zero-order valence-corrected chi connectivity index (χ0v) is 34.4. The molecule has 21 nitrogen and oxygen atoms in total. The molecule has 5 heterocycles. The smallest absolute Gasteiger partial charge is 0.414 e. The van der Waals surface area contributed by atoms with Crippen LogP contribution in [0.1, 0.15) is 31.8 Å². The average molecular weight is 877 g/mol. The molecule has 3 saturated heterocycles. The maximum atomic E-state index is 12.4. The highest BCUT2D eigenvalue weighted by Crippen LogP contribution is 2.24. The Morgan fingerprint density at radius 3 is 1.58 bits per heavy atom. The lowest BCUT2D eigenvalue weighted by atomic mass is 10.1. The van der Waals surface area contributed by atoms with Gasteiger partial charge in [0.05, 0.1) is 56.7 Å². The highest BCUT2D eigenvalue weighted by molar-refractivity contribution is 7.85. The summed E-state index contributed by atoms with van der Waals surface area (Å²) in [5.41, 5.74) is 2.73. The third-order valence-electron chi connectivity index (χ3n) is 9.70. The van der Waals surface area contributed by atoms with Crippen LogP contribution in [0.25, 0.3) is 0 Å². The molecule has 2 aromatic heterocycles. The summed E-state index contributed by atoms with van der Waals surface area (Å²) in [5.74, 6) is -1.30. The predicted octanol–water partition coefficient (Wildman–Crippen LogP) is 2.49. The Morgan fingerprint density at radius 1 is 0.694 bits per heavy atom. The molecule has 4 N–H and O–H groups in total. The highest BCUT2D eigenvalue weighted by atomic mass is 32.2. The van der Waals surface area contributed by atoms with Gasteiger partial charge in [0, 0.05) is 55.2 Å². The van der Waals surface area contributed by atoms with Gasteiger partial charge >= 0.3 is 18.2 Å². The molecule has 0 saturated carbocycles. The van der Waals surface area contributed by atoms with Gasteiger partial charge in [-0.15, -0.1) is 0 Å². The van der Waals surface area contributed by atoms with Crippen molar-refractivity contribution in [3.63, 3.8) is 0 Å². The van der Waals surface area contributed by atoms with Crippen LogP contribution in [-0.4, -0.2) is 144 Å². The molecule has 0 aliphatic carbocycles. The molecule has 0 spiro atoms. The van der Waals surface area contributed by atoms with Gasteiger partial charge in [0.25, 0.3) is 21.9 Å². The molecule has 328 valence electrons. The first-order chi connectivity index (χ1) is 29.6. The molecule has 22 heteroatoms. The van der Waals surface area contributed by atoms with Gasteiger partial charge in [0.15, 0.2) is 0 Å². The van der Waals surface area contributed by atoms with Crippen LogP contribution < -0.4 is 20.4 Å². The molecule has 0 bridgehead atoms. The minimum Gasteiger partial charge on any atom is -0.472 e. The van der Waals surface area contributed by atoms with Crippen molar-refractivity contribution in [1.82, 2.24) is 20.4 Å². The van der Waals surface area contributed by atoms with E-state index in [1.165, 1.54) is 49.2 Å². The van der Waals surface area contributed by atoms with Crippen LogP contribution in [0.3, 0.4) is 0 Å². The quantitative estimate of drug-likeness (QED) is 0.0494. The van der Waals surface area contributed by atoms with E-state index >= 15 is 0 Å². The van der Waals surface area contributed by atoms with Gasteiger partial charge in [-0.05, 0) is 60.7 Å². The maximum Gasteiger partial charge on any atom is 0.414 e. The number of piperazine rings is 1. The Labute approximate surface area is 355 Å². The number of esters is 1. The van der Waals surface area contributed by atoms with Crippen LogP contribution in [0.4, 0.5) is 21.0 Å². The Hall–Kier alpha value is -6.88. The number of furan rings is 2. The van der Waals surface area contributed by atoms with Crippen LogP contribution in [0.5, 0.6) is 0 Å². The molecular formula is C40H44N8O13S. The summed E-state index contributed by atoms with van der Waals surface area (Å²) in [6.45, 7) is 4.28. The monoisotopic (exact) mass is 876 g/mol. The zero-order chi connectivity index (χ0) is 44.4. The summed E-state index contributed by atoms with van der Waals surface area (Å²) in [7, 11) is -2.24. The molecule has 3 aliphatic heterocycles. The second kappa shape index (κ2) is 20.1. The lowest BCUT2D eigenvalue weighted by Crippen LogP contribution is -2.50. The summed E-state index contributed by atoms with van der Waals surface area (Å²) in [6.07, 6.45) is 4.24. The fourth-order valence-electron chi connectivity index (χ4n) is 6.43. The van der Waals surface area contributed by atoms with Crippen molar-refractivity contribution in [1.29, 1.82) is 10.8 Å². The van der Waals surface area contributed by atoms with Crippen molar-refractivity contribution in [2.75, 3.05) is 82.1 Å². The molecule has 3 aliphatic rings. The van der Waals surface area contributed by atoms with Gasteiger partial charge < -0.3 is 33.7 Å². The molecular weight excluding hydrogens is 833 g/mol. The molecule has 2 aromatic carbocycles. The Balaban J connectivity index is 0.000000211. The Morgan fingerprint density at radius 2 is 1.15 bits per heavy atom. The molecule has 7 rings (SSSR count). The molecule has 4 aromatic rings. The van der Waals surface area contributed by atoms with Crippen molar-refractivity contribution in [2.24, 2.45) is 0 Å². The molecule has 62 heavy (non-hydrogen) atoms. The summed E-state index contributed by atoms with van der Waals surface area (Å²) in [5, 5.41) is 21.1. The second-order valence-corrected chi connectivity index (χ2v) is 15.8. The van der Waals surface area contributed by atoms with Crippen molar-refractivity contribution < 1.29 is 59.6 Å². The third-order valence-corrected chi connectivity index (χ3v) is 10.3. The van der Waals surface area contributed by atoms with E-state index in [-0.39, 0.29) is 43.4 Å². The van der Waals surface area contributed by atoms with E-state index in [2.05, 4.69) is 19.7 Å². The van der Waals surface area contributed by atoms with Crippen molar-refractivity contribution in [3.05, 3.63) is 108 Å². The summed E-state index contributed by atoms with van der Waals surface area (Å²) < 4.78 is 51.8. The number of benzene rings is 2. The summed E-state index contributed by atoms with van der Waals surface area (Å²) in [4.78, 5) is 67.1. The number of carbonyl (C=O) groups excluding carboxylic acids is 5. The van der Waals surface area contributed by atoms with Crippen LogP contribution in [-0.2, 0) is 33.3 Å². The van der Waals surface area contributed by atoms with E-state index < -0.39 is 40.2 Å². The van der Waals surface area contributed by atoms with E-state index in [1.54, 1.807) is 53.4 Å². The van der Waals surface area contributed by atoms with E-state index in [1.807, 2.05) is 4.90 Å². The summed E-state index contributed by atoms with van der Waals surface area (Å²) in [6, 6.07) is 16.1. The predicted molar refractivity (Wildman–Crippen MR) is 220 cm³/mol. The standard InChI is InChI=1S/C23H27N5O6.C17H17N3O7S/c1-32-20(29)14-27-9-7-26(8-10-27)12-19-13-28(23(31)34-19)18-4-2-16(3-5-18)21(24)25-22(30)17-6-11-33-15-17;1-28(23,24)26-10-14-8-20(17(22)27-14)13-4-2-11(3-5-13)15(18)19-16(21)12-6-7-25-9-12/h2-6,11,15,19H,7-10,12-14H2,1H3,(H2,24,25,30);2-7,9,14H,8,10H2,1H3,(H2,18,19,21). The first kappa shape index (κ1) is 44.7. The van der Waals surface area contributed by atoms with E-state index in [9.17, 15) is 32.4 Å². The fraction of sp³-hybridized carbons (Fsp3) is 0.325. The SMILES string of the molecule is COC(=O)CN1CCN(CC2CN(c3ccc(C(=N)NC(=O)c4ccoc4)cc3)C(=O)O2)CC1.CS(=O)(=O)OCC1CN(c2ccc(C(=N)NC(=O)c3ccoc3)cc2)C(=O)O1. The number of carbonyl (C=O) groups is 5. The lowest BCUT2D eigenvalue weighted by molar-refractivity contribution is -0.142. The lowest BCUT2D eigenvalue weighted by Gasteiger charge is -2.34. The molecule has 2 atom stereocenters. The number of hydrogen-bond acceptors (Lipinski definition) is 17. The number of nitrogens with one attached hydrogen (secondary N) is 4. The van der Waals surface area contributed by atoms with Gasteiger partial charge in [-0.3, -0.25) is 49.0 Å². The summed E-state index contributed by atoms with van der Waals surface area (Å²) >= 11 is 0. The van der Waals surface area contributed by atoms with Gasteiger partial charge in [0.2, 0.25) is 0 Å². The van der Waals surface area contributed by atoms with Crippen LogP contribution in [0.15, 0.2) is 94.6 Å². The minimum atomic E-state index is -3.63. The van der Waals surface area contributed by atoms with E-state index in [4.69, 9.17) is 33.9 Å². The largest absolute Gasteiger partial charge is 0.472 e. The molecule has 2 unspecified atom stereocenters. The van der Waals surface area contributed by atoms with Gasteiger partial charge in [0.1, 0.15) is 43.0 Å². The second-order valence-electron chi connectivity index (χ2n) is 14.2. The zero-order valence-electron chi connectivity index (χ0n) is 33.6. The van der Waals surface area contributed by atoms with Crippen LogP contribution >= 0.6 is 0 Å². The molecule has 0 radical (unpaired) electrons. The highest BCUT2D eigenvalue weighted by Gasteiger charge is 2.35. The maximum absolute atomic E-state index is 12.4. The average Bonchev–Trinajstić information content (AvgIpc) is 4.10. The van der Waals surface area contributed by atoms with E-state index in [0.717, 1.165) is 32.4 Å². The Kier molecular flexibility index (Phi) is 14.5. The fourth-order valence-corrected chi connectivity index (χ4v) is 6.83. The van der Waals surface area contributed by atoms with Gasteiger partial charge in [-0.25, -0.2) is 9.59 Å². The van der Waals surface area contributed by atoms with Crippen molar-refractivity contribution in [3.8, 4) is 0 Å². The number of rotatable bonds is 13. The normalized spacial score (nSPS) is 18.0.